The number of para-hydroxylation sites is 3. The molecule has 3 nitrogen and oxygen atoms in total. The Morgan fingerprint density at radius 3 is 1.84 bits per heavy atom. The van der Waals surface area contributed by atoms with E-state index < -0.39 is 0 Å². The van der Waals surface area contributed by atoms with Gasteiger partial charge in [0, 0.05) is 44.3 Å². The molecular weight excluding hydrogens is 597 g/mol. The maximum atomic E-state index is 6.54. The van der Waals surface area contributed by atoms with Gasteiger partial charge in [-0.1, -0.05) is 115 Å². The summed E-state index contributed by atoms with van der Waals surface area (Å²) in [4.78, 5) is 2.32. The number of anilines is 3. The zero-order chi connectivity index (χ0) is 32.3. The normalized spacial score (nSPS) is 11.7. The lowest BCUT2D eigenvalue weighted by Crippen LogP contribution is -2.09. The number of aromatic nitrogens is 1. The minimum absolute atomic E-state index is 0.909. The van der Waals surface area contributed by atoms with Gasteiger partial charge in [0.2, 0.25) is 0 Å². The van der Waals surface area contributed by atoms with Crippen LogP contribution in [0, 0.1) is 0 Å². The van der Waals surface area contributed by atoms with Crippen LogP contribution in [0.5, 0.6) is 0 Å². The standard InChI is InChI=1S/C46H30N2O/c1-2-12-35(13-3-1)47(38-27-22-31-10-4-5-11-34(31)30-38)36-23-18-32(19-24-36)33-20-25-37(26-21-33)48-43-16-8-6-14-39(43)41-28-29-42-40-15-7-9-17-44(40)49-46(42)45(41)48/h1-30H. The van der Waals surface area contributed by atoms with E-state index in [1.54, 1.807) is 0 Å². The van der Waals surface area contributed by atoms with E-state index in [1.165, 1.54) is 32.7 Å². The van der Waals surface area contributed by atoms with Crippen molar-refractivity contribution in [2.75, 3.05) is 4.90 Å². The number of nitrogens with zero attached hydrogens (tertiary/aromatic N) is 2. The minimum atomic E-state index is 0.909. The van der Waals surface area contributed by atoms with Gasteiger partial charge in [-0.25, -0.2) is 0 Å². The number of benzene rings is 8. The number of hydrogen-bond acceptors (Lipinski definition) is 2. The largest absolute Gasteiger partial charge is 0.454 e. The minimum Gasteiger partial charge on any atom is -0.454 e. The van der Waals surface area contributed by atoms with Gasteiger partial charge in [-0.05, 0) is 88.6 Å². The Morgan fingerprint density at radius 2 is 1.02 bits per heavy atom. The van der Waals surface area contributed by atoms with Crippen molar-refractivity contribution in [3.05, 3.63) is 182 Å². The topological polar surface area (TPSA) is 21.3 Å². The van der Waals surface area contributed by atoms with Crippen molar-refractivity contribution in [1.82, 2.24) is 4.57 Å². The summed E-state index contributed by atoms with van der Waals surface area (Å²) < 4.78 is 8.89. The number of hydrogen-bond donors (Lipinski definition) is 0. The average molecular weight is 627 g/mol. The summed E-state index contributed by atoms with van der Waals surface area (Å²) in [5.41, 5.74) is 10.9. The molecule has 10 rings (SSSR count). The van der Waals surface area contributed by atoms with Gasteiger partial charge in [0.05, 0.1) is 11.0 Å². The van der Waals surface area contributed by atoms with Gasteiger partial charge >= 0.3 is 0 Å². The molecule has 0 saturated heterocycles. The molecule has 0 saturated carbocycles. The second kappa shape index (κ2) is 11.0. The van der Waals surface area contributed by atoms with Crippen molar-refractivity contribution in [3.63, 3.8) is 0 Å². The monoisotopic (exact) mass is 626 g/mol. The number of fused-ring (bicyclic) bond motifs is 8. The third-order valence-electron chi connectivity index (χ3n) is 9.77. The highest BCUT2D eigenvalue weighted by Gasteiger charge is 2.19. The summed E-state index contributed by atoms with van der Waals surface area (Å²) in [7, 11) is 0. The van der Waals surface area contributed by atoms with Crippen LogP contribution in [-0.4, -0.2) is 4.57 Å². The Kier molecular flexibility index (Phi) is 6.18. The van der Waals surface area contributed by atoms with Crippen molar-refractivity contribution in [2.45, 2.75) is 0 Å². The van der Waals surface area contributed by atoms with E-state index >= 15 is 0 Å². The molecule has 0 atom stereocenters. The van der Waals surface area contributed by atoms with Gasteiger partial charge in [0.1, 0.15) is 5.58 Å². The van der Waals surface area contributed by atoms with Gasteiger partial charge in [-0.3, -0.25) is 0 Å². The molecular formula is C46H30N2O. The zero-order valence-electron chi connectivity index (χ0n) is 26.6. The molecule has 0 fully saturated rings. The van der Waals surface area contributed by atoms with Crippen LogP contribution in [0.15, 0.2) is 186 Å². The fourth-order valence-corrected chi connectivity index (χ4v) is 7.45. The van der Waals surface area contributed by atoms with Crippen molar-refractivity contribution in [1.29, 1.82) is 0 Å². The average Bonchev–Trinajstić information content (AvgIpc) is 3.72. The lowest BCUT2D eigenvalue weighted by Gasteiger charge is -2.26. The Bertz CT molecular complexity index is 2810. The van der Waals surface area contributed by atoms with E-state index in [0.29, 0.717) is 0 Å². The molecule has 3 heteroatoms. The Morgan fingerprint density at radius 1 is 0.408 bits per heavy atom. The van der Waals surface area contributed by atoms with Crippen LogP contribution in [0.4, 0.5) is 17.1 Å². The Balaban J connectivity index is 1.05. The Hall–Kier alpha value is -6.58. The lowest BCUT2D eigenvalue weighted by molar-refractivity contribution is 0.671. The van der Waals surface area contributed by atoms with E-state index in [2.05, 4.69) is 185 Å². The molecule has 0 radical (unpaired) electrons. The van der Waals surface area contributed by atoms with E-state index in [-0.39, 0.29) is 0 Å². The molecule has 2 aromatic heterocycles. The molecule has 0 spiro atoms. The summed E-state index contributed by atoms with van der Waals surface area (Å²) in [6, 6.07) is 64.9. The summed E-state index contributed by atoms with van der Waals surface area (Å²) in [5.74, 6) is 0. The summed E-state index contributed by atoms with van der Waals surface area (Å²) >= 11 is 0. The Labute approximate surface area is 283 Å². The van der Waals surface area contributed by atoms with E-state index in [4.69, 9.17) is 4.42 Å². The third kappa shape index (κ3) is 4.44. The van der Waals surface area contributed by atoms with Crippen molar-refractivity contribution in [3.8, 4) is 16.8 Å². The first kappa shape index (κ1) is 27.5. The van der Waals surface area contributed by atoms with Crippen molar-refractivity contribution >= 4 is 71.6 Å². The van der Waals surface area contributed by atoms with Crippen LogP contribution in [0.25, 0.3) is 71.3 Å². The van der Waals surface area contributed by atoms with Crippen LogP contribution < -0.4 is 4.90 Å². The molecule has 0 aliphatic rings. The highest BCUT2D eigenvalue weighted by atomic mass is 16.3. The van der Waals surface area contributed by atoms with Crippen molar-refractivity contribution in [2.24, 2.45) is 0 Å². The van der Waals surface area contributed by atoms with E-state index in [0.717, 1.165) is 55.7 Å². The van der Waals surface area contributed by atoms with Crippen LogP contribution in [0.3, 0.4) is 0 Å². The first-order chi connectivity index (χ1) is 24.3. The number of rotatable bonds is 5. The highest BCUT2D eigenvalue weighted by molar-refractivity contribution is 6.21. The van der Waals surface area contributed by atoms with Crippen LogP contribution in [0.1, 0.15) is 0 Å². The van der Waals surface area contributed by atoms with Gasteiger partial charge in [0.15, 0.2) is 5.58 Å². The maximum Gasteiger partial charge on any atom is 0.160 e. The summed E-state index contributed by atoms with van der Waals surface area (Å²) in [6.07, 6.45) is 0. The molecule has 0 N–H and O–H groups in total. The van der Waals surface area contributed by atoms with Crippen LogP contribution in [0.2, 0.25) is 0 Å². The fourth-order valence-electron chi connectivity index (χ4n) is 7.45. The van der Waals surface area contributed by atoms with Gasteiger partial charge in [0.25, 0.3) is 0 Å². The molecule has 0 aliphatic carbocycles. The quantitative estimate of drug-likeness (QED) is 0.190. The van der Waals surface area contributed by atoms with E-state index in [1.807, 2.05) is 6.07 Å². The predicted molar refractivity (Wildman–Crippen MR) is 206 cm³/mol. The molecule has 2 heterocycles. The second-order valence-corrected chi connectivity index (χ2v) is 12.6. The molecule has 230 valence electrons. The zero-order valence-corrected chi connectivity index (χ0v) is 26.6. The molecule has 10 aromatic rings. The molecule has 0 bridgehead atoms. The van der Waals surface area contributed by atoms with Crippen LogP contribution >= 0.6 is 0 Å². The predicted octanol–water partition coefficient (Wildman–Crippen LogP) is 13.0. The summed E-state index contributed by atoms with van der Waals surface area (Å²) in [6.45, 7) is 0. The molecule has 0 unspecified atom stereocenters. The summed E-state index contributed by atoms with van der Waals surface area (Å²) in [5, 5.41) is 7.14. The molecule has 0 amide bonds. The highest BCUT2D eigenvalue weighted by Crippen LogP contribution is 2.41. The number of furan rings is 1. The molecule has 49 heavy (non-hydrogen) atoms. The van der Waals surface area contributed by atoms with Gasteiger partial charge in [-0.15, -0.1) is 0 Å². The smallest absolute Gasteiger partial charge is 0.160 e. The van der Waals surface area contributed by atoms with Crippen molar-refractivity contribution < 1.29 is 4.42 Å². The lowest BCUT2D eigenvalue weighted by atomic mass is 10.0. The first-order valence-corrected chi connectivity index (χ1v) is 16.7. The van der Waals surface area contributed by atoms with Crippen LogP contribution in [-0.2, 0) is 0 Å². The molecule has 0 aliphatic heterocycles. The maximum absolute atomic E-state index is 6.54. The fraction of sp³-hybridized carbons (Fsp3) is 0. The van der Waals surface area contributed by atoms with E-state index in [9.17, 15) is 0 Å². The first-order valence-electron chi connectivity index (χ1n) is 16.7. The second-order valence-electron chi connectivity index (χ2n) is 12.6. The molecule has 8 aromatic carbocycles. The third-order valence-corrected chi connectivity index (χ3v) is 9.77. The van der Waals surface area contributed by atoms with Gasteiger partial charge in [-0.2, -0.15) is 0 Å². The van der Waals surface area contributed by atoms with Gasteiger partial charge < -0.3 is 13.9 Å². The SMILES string of the molecule is c1ccc(N(c2ccc(-c3ccc(-n4c5ccccc5c5ccc6c7ccccc7oc6c54)cc3)cc2)c2ccc3ccccc3c2)cc1.